The molecule has 6 nitrogen and oxygen atoms in total. The van der Waals surface area contributed by atoms with Crippen LogP contribution in [-0.2, 0) is 16.0 Å². The van der Waals surface area contributed by atoms with Gasteiger partial charge in [0.25, 0.3) is 0 Å². The predicted molar refractivity (Wildman–Crippen MR) is 92.6 cm³/mol. The Morgan fingerprint density at radius 2 is 2.33 bits per heavy atom. The van der Waals surface area contributed by atoms with Crippen LogP contribution in [0.2, 0.25) is 0 Å². The van der Waals surface area contributed by atoms with Gasteiger partial charge in [0.15, 0.2) is 5.13 Å². The molecule has 1 saturated heterocycles. The summed E-state index contributed by atoms with van der Waals surface area (Å²) in [5.74, 6) is 0.852. The van der Waals surface area contributed by atoms with Gasteiger partial charge < -0.3 is 20.1 Å². The lowest BCUT2D eigenvalue weighted by Gasteiger charge is -2.28. The van der Waals surface area contributed by atoms with Crippen LogP contribution in [0.5, 0.6) is 5.75 Å². The number of rotatable bonds is 3. The quantitative estimate of drug-likeness (QED) is 0.891. The van der Waals surface area contributed by atoms with Gasteiger partial charge in [-0.05, 0) is 30.7 Å². The van der Waals surface area contributed by atoms with Gasteiger partial charge in [0.2, 0.25) is 5.91 Å². The minimum Gasteiger partial charge on any atom is -0.493 e. The van der Waals surface area contributed by atoms with E-state index in [4.69, 9.17) is 9.47 Å². The van der Waals surface area contributed by atoms with E-state index in [9.17, 15) is 4.79 Å². The minimum absolute atomic E-state index is 0.106. The zero-order valence-electron chi connectivity index (χ0n) is 13.4. The molecule has 24 heavy (non-hydrogen) atoms. The van der Waals surface area contributed by atoms with Gasteiger partial charge in [-0.3, -0.25) is 4.79 Å². The first-order chi connectivity index (χ1) is 11.7. The molecule has 2 aliphatic rings. The second-order valence-electron chi connectivity index (χ2n) is 5.96. The van der Waals surface area contributed by atoms with Crippen LogP contribution in [0.15, 0.2) is 23.6 Å². The SMILES string of the molecule is C[C@H]1OCCN[C@@H]1C(=O)Nc1nc(-c2ccc3c(c2)CCO3)cs1. The molecule has 3 heterocycles. The summed E-state index contributed by atoms with van der Waals surface area (Å²) in [6.45, 7) is 3.96. The van der Waals surface area contributed by atoms with E-state index in [1.54, 1.807) is 0 Å². The van der Waals surface area contributed by atoms with Gasteiger partial charge in [-0.2, -0.15) is 0 Å². The number of carbonyl (C=O) groups is 1. The summed E-state index contributed by atoms with van der Waals surface area (Å²) < 4.78 is 11.0. The predicted octanol–water partition coefficient (Wildman–Crippen LogP) is 2.06. The lowest BCUT2D eigenvalue weighted by atomic mass is 10.1. The maximum Gasteiger partial charge on any atom is 0.245 e. The lowest BCUT2D eigenvalue weighted by molar-refractivity contribution is -0.123. The van der Waals surface area contributed by atoms with Crippen LogP contribution < -0.4 is 15.4 Å². The number of fused-ring (bicyclic) bond motifs is 1. The normalized spacial score (nSPS) is 22.7. The van der Waals surface area contributed by atoms with Crippen LogP contribution in [0.3, 0.4) is 0 Å². The van der Waals surface area contributed by atoms with E-state index in [0.29, 0.717) is 18.3 Å². The molecule has 126 valence electrons. The number of anilines is 1. The maximum absolute atomic E-state index is 12.4. The number of carbonyl (C=O) groups excluding carboxylic acids is 1. The van der Waals surface area contributed by atoms with Crippen molar-refractivity contribution in [3.8, 4) is 17.0 Å². The fraction of sp³-hybridized carbons (Fsp3) is 0.412. The van der Waals surface area contributed by atoms with Gasteiger partial charge >= 0.3 is 0 Å². The van der Waals surface area contributed by atoms with E-state index < -0.39 is 0 Å². The number of hydrogen-bond donors (Lipinski definition) is 2. The topological polar surface area (TPSA) is 72.5 Å². The molecule has 2 atom stereocenters. The highest BCUT2D eigenvalue weighted by molar-refractivity contribution is 7.14. The molecule has 2 aromatic rings. The number of hydrogen-bond acceptors (Lipinski definition) is 6. The number of benzene rings is 1. The molecular formula is C17H19N3O3S. The van der Waals surface area contributed by atoms with Crippen LogP contribution in [0.1, 0.15) is 12.5 Å². The Bertz CT molecular complexity index is 761. The first-order valence-corrected chi connectivity index (χ1v) is 8.96. The second-order valence-corrected chi connectivity index (χ2v) is 6.81. The molecule has 7 heteroatoms. The van der Waals surface area contributed by atoms with E-state index >= 15 is 0 Å². The maximum atomic E-state index is 12.4. The first-order valence-electron chi connectivity index (χ1n) is 8.08. The van der Waals surface area contributed by atoms with Crippen molar-refractivity contribution in [1.29, 1.82) is 0 Å². The Balaban J connectivity index is 1.47. The van der Waals surface area contributed by atoms with E-state index in [0.717, 1.165) is 30.0 Å². The van der Waals surface area contributed by atoms with Crippen LogP contribution in [0.4, 0.5) is 5.13 Å². The average Bonchev–Trinajstić information content (AvgIpc) is 3.23. The van der Waals surface area contributed by atoms with Gasteiger partial charge in [0.05, 0.1) is 25.0 Å². The Hall–Kier alpha value is -1.96. The third-order valence-corrected chi connectivity index (χ3v) is 5.08. The summed E-state index contributed by atoms with van der Waals surface area (Å²) >= 11 is 1.43. The number of thiazole rings is 1. The largest absolute Gasteiger partial charge is 0.493 e. The summed E-state index contributed by atoms with van der Waals surface area (Å²) in [5.41, 5.74) is 3.12. The standard InChI is InChI=1S/C17H19N3O3S/c1-10-15(18-5-7-22-10)16(21)20-17-19-13(9-24-17)11-2-3-14-12(8-11)4-6-23-14/h2-3,8-10,15,18H,4-7H2,1H3,(H,19,20,21)/t10-,15+/m1/s1. The van der Waals surface area contributed by atoms with Gasteiger partial charge in [-0.15, -0.1) is 11.3 Å². The third-order valence-electron chi connectivity index (χ3n) is 4.32. The fourth-order valence-corrected chi connectivity index (χ4v) is 3.74. The summed E-state index contributed by atoms with van der Waals surface area (Å²) in [5, 5.41) is 8.63. The van der Waals surface area contributed by atoms with Crippen molar-refractivity contribution in [2.75, 3.05) is 25.1 Å². The summed E-state index contributed by atoms with van der Waals surface area (Å²) in [6, 6.07) is 5.76. The van der Waals surface area contributed by atoms with Crippen LogP contribution in [0.25, 0.3) is 11.3 Å². The minimum atomic E-state index is -0.344. The van der Waals surface area contributed by atoms with E-state index in [2.05, 4.69) is 21.7 Å². The Morgan fingerprint density at radius 3 is 3.21 bits per heavy atom. The molecule has 0 unspecified atom stereocenters. The highest BCUT2D eigenvalue weighted by Gasteiger charge is 2.28. The number of amides is 1. The van der Waals surface area contributed by atoms with Gasteiger partial charge in [0.1, 0.15) is 11.8 Å². The molecule has 0 bridgehead atoms. The van der Waals surface area contributed by atoms with Crippen molar-refractivity contribution in [2.24, 2.45) is 0 Å². The molecule has 0 radical (unpaired) electrons. The highest BCUT2D eigenvalue weighted by Crippen LogP contribution is 2.32. The monoisotopic (exact) mass is 345 g/mol. The fourth-order valence-electron chi connectivity index (χ4n) is 3.02. The molecule has 2 N–H and O–H groups in total. The number of nitrogens with zero attached hydrogens (tertiary/aromatic N) is 1. The first kappa shape index (κ1) is 15.6. The molecule has 1 aromatic carbocycles. The summed E-state index contributed by atoms with van der Waals surface area (Å²) in [6.07, 6.45) is 0.789. The molecule has 1 amide bonds. The smallest absolute Gasteiger partial charge is 0.245 e. The number of aromatic nitrogens is 1. The van der Waals surface area contributed by atoms with Crippen molar-refractivity contribution in [2.45, 2.75) is 25.5 Å². The van der Waals surface area contributed by atoms with Crippen molar-refractivity contribution < 1.29 is 14.3 Å². The van der Waals surface area contributed by atoms with Crippen molar-refractivity contribution in [3.63, 3.8) is 0 Å². The summed E-state index contributed by atoms with van der Waals surface area (Å²) in [7, 11) is 0. The Morgan fingerprint density at radius 1 is 1.42 bits per heavy atom. The molecule has 0 spiro atoms. The highest BCUT2D eigenvalue weighted by atomic mass is 32.1. The number of ether oxygens (including phenoxy) is 2. The Kier molecular flexibility index (Phi) is 4.22. The van der Waals surface area contributed by atoms with Crippen LogP contribution in [0, 0.1) is 0 Å². The van der Waals surface area contributed by atoms with Gasteiger partial charge in [-0.25, -0.2) is 4.98 Å². The second kappa shape index (κ2) is 6.51. The van der Waals surface area contributed by atoms with Crippen LogP contribution in [-0.4, -0.2) is 42.8 Å². The van der Waals surface area contributed by atoms with E-state index in [1.165, 1.54) is 16.9 Å². The van der Waals surface area contributed by atoms with Crippen molar-refractivity contribution in [3.05, 3.63) is 29.1 Å². The summed E-state index contributed by atoms with van der Waals surface area (Å²) in [4.78, 5) is 16.9. The van der Waals surface area contributed by atoms with Crippen molar-refractivity contribution in [1.82, 2.24) is 10.3 Å². The average molecular weight is 345 g/mol. The lowest BCUT2D eigenvalue weighted by Crippen LogP contribution is -2.53. The molecule has 0 saturated carbocycles. The van der Waals surface area contributed by atoms with Crippen LogP contribution >= 0.6 is 11.3 Å². The van der Waals surface area contributed by atoms with Crippen molar-refractivity contribution >= 4 is 22.4 Å². The van der Waals surface area contributed by atoms with E-state index in [-0.39, 0.29) is 18.1 Å². The molecule has 2 aliphatic heterocycles. The molecule has 1 aromatic heterocycles. The van der Waals surface area contributed by atoms with Gasteiger partial charge in [-0.1, -0.05) is 0 Å². The molecule has 1 fully saturated rings. The zero-order chi connectivity index (χ0) is 16.5. The van der Waals surface area contributed by atoms with E-state index in [1.807, 2.05) is 24.4 Å². The zero-order valence-corrected chi connectivity index (χ0v) is 14.2. The molecule has 4 rings (SSSR count). The van der Waals surface area contributed by atoms with Gasteiger partial charge in [0, 0.05) is 23.9 Å². The number of morpholine rings is 1. The molecular weight excluding hydrogens is 326 g/mol. The Labute approximate surface area is 144 Å². The third kappa shape index (κ3) is 3.02. The number of nitrogens with one attached hydrogen (secondary N) is 2. The molecule has 0 aliphatic carbocycles.